The van der Waals surface area contributed by atoms with Gasteiger partial charge in [-0.05, 0) is 61.9 Å². The van der Waals surface area contributed by atoms with Crippen molar-refractivity contribution in [3.63, 3.8) is 0 Å². The van der Waals surface area contributed by atoms with E-state index in [0.29, 0.717) is 18.0 Å². The first-order valence-corrected chi connectivity index (χ1v) is 11.7. The van der Waals surface area contributed by atoms with Crippen LogP contribution in [0.3, 0.4) is 0 Å². The fourth-order valence-corrected chi connectivity index (χ4v) is 4.09. The summed E-state index contributed by atoms with van der Waals surface area (Å²) < 4.78 is 0. The van der Waals surface area contributed by atoms with E-state index >= 15 is 0 Å². The zero-order valence-corrected chi connectivity index (χ0v) is 19.9. The molecule has 176 valence electrons. The maximum absolute atomic E-state index is 13.2. The lowest BCUT2D eigenvalue weighted by atomic mass is 9.93. The normalized spacial score (nSPS) is 14.8. The Balaban J connectivity index is 1.66. The van der Waals surface area contributed by atoms with Crippen molar-refractivity contribution in [2.24, 2.45) is 11.8 Å². The van der Waals surface area contributed by atoms with Gasteiger partial charge in [-0.25, -0.2) is 4.98 Å². The third-order valence-electron chi connectivity index (χ3n) is 5.73. The van der Waals surface area contributed by atoms with Crippen molar-refractivity contribution in [2.45, 2.75) is 39.7 Å². The lowest BCUT2D eigenvalue weighted by Gasteiger charge is -2.31. The number of carbonyl (C=O) groups excluding carboxylic acids is 1. The van der Waals surface area contributed by atoms with E-state index in [2.05, 4.69) is 20.3 Å². The predicted octanol–water partition coefficient (Wildman–Crippen LogP) is 3.72. The molecule has 0 atom stereocenters. The monoisotopic (exact) mass is 470 g/mol. The molecule has 0 saturated carbocycles. The summed E-state index contributed by atoms with van der Waals surface area (Å²) in [6.45, 7) is 7.64. The summed E-state index contributed by atoms with van der Waals surface area (Å²) in [6, 6.07) is 9.54. The minimum absolute atomic E-state index is 0.0245. The number of aliphatic hydroxyl groups excluding tert-OH is 1. The molecule has 9 heteroatoms. The maximum Gasteiger partial charge on any atom is 0.272 e. The molecule has 1 amide bonds. The van der Waals surface area contributed by atoms with Crippen LogP contribution in [-0.4, -0.2) is 57.1 Å². The number of carbonyl (C=O) groups is 1. The number of aromatic nitrogens is 2. The molecule has 2 aromatic rings. The maximum atomic E-state index is 13.2. The van der Waals surface area contributed by atoms with Gasteiger partial charge >= 0.3 is 0 Å². The molecule has 1 aromatic heterocycles. The van der Waals surface area contributed by atoms with Gasteiger partial charge in [-0.1, -0.05) is 37.6 Å². The van der Waals surface area contributed by atoms with E-state index < -0.39 is 0 Å². The van der Waals surface area contributed by atoms with E-state index in [1.807, 2.05) is 44.2 Å². The molecule has 0 bridgehead atoms. The number of rotatable bonds is 9. The lowest BCUT2D eigenvalue weighted by Crippen LogP contribution is -2.39. The first-order chi connectivity index (χ1) is 15.9. The molecule has 33 heavy (non-hydrogen) atoms. The van der Waals surface area contributed by atoms with Crippen LogP contribution in [0, 0.1) is 23.2 Å². The number of anilines is 1. The average molecular weight is 471 g/mol. The smallest absolute Gasteiger partial charge is 0.272 e. The topological polar surface area (TPSA) is 105 Å². The number of hydrogen-bond acceptors (Lipinski definition) is 7. The van der Waals surface area contributed by atoms with Crippen LogP contribution >= 0.6 is 11.6 Å². The quantitative estimate of drug-likeness (QED) is 0.538. The fourth-order valence-electron chi connectivity index (χ4n) is 3.95. The van der Waals surface area contributed by atoms with Crippen LogP contribution in [0.25, 0.3) is 0 Å². The summed E-state index contributed by atoms with van der Waals surface area (Å²) in [5.41, 5.74) is 4.68. The highest BCUT2D eigenvalue weighted by Gasteiger charge is 2.21. The summed E-state index contributed by atoms with van der Waals surface area (Å²) in [7, 11) is 0. The second kappa shape index (κ2) is 11.9. The Kier molecular flexibility index (Phi) is 9.01. The van der Waals surface area contributed by atoms with Gasteiger partial charge in [0.05, 0.1) is 6.20 Å². The summed E-state index contributed by atoms with van der Waals surface area (Å²) >= 11 is 6.17. The SMILES string of the molecule is CC(C)CN(Nc1nc(C#N)ncc1Cl)C(=O)c1ccc(CN2CCC(CCO)CC2)cc1. The van der Waals surface area contributed by atoms with Crippen LogP contribution in [0.1, 0.15) is 54.9 Å². The Morgan fingerprint density at radius 2 is 2.03 bits per heavy atom. The third-order valence-corrected chi connectivity index (χ3v) is 6.01. The number of aliphatic hydroxyl groups is 1. The number of piperidine rings is 1. The van der Waals surface area contributed by atoms with Crippen molar-refractivity contribution in [3.05, 3.63) is 52.4 Å². The van der Waals surface area contributed by atoms with Crippen molar-refractivity contribution >= 4 is 23.3 Å². The highest BCUT2D eigenvalue weighted by Crippen LogP contribution is 2.22. The summed E-state index contributed by atoms with van der Waals surface area (Å²) in [5.74, 6) is 0.819. The van der Waals surface area contributed by atoms with Crippen molar-refractivity contribution in [3.8, 4) is 6.07 Å². The fraction of sp³-hybridized carbons (Fsp3) is 0.500. The van der Waals surface area contributed by atoms with Crippen molar-refractivity contribution in [1.29, 1.82) is 5.26 Å². The highest BCUT2D eigenvalue weighted by molar-refractivity contribution is 6.32. The largest absolute Gasteiger partial charge is 0.396 e. The van der Waals surface area contributed by atoms with E-state index in [1.54, 1.807) is 0 Å². The number of hydrazine groups is 1. The molecule has 1 aliphatic rings. The standard InChI is InChI=1S/C24H31ClN6O2/c1-17(2)15-31(29-23-21(25)14-27-22(13-26)28-23)24(33)20-5-3-19(4-6-20)16-30-10-7-18(8-11-30)9-12-32/h3-6,14,17-18,32H,7-12,15-16H2,1-2H3,(H,27,28,29). The van der Waals surface area contributed by atoms with E-state index in [4.69, 9.17) is 22.0 Å². The molecule has 1 fully saturated rings. The summed E-state index contributed by atoms with van der Waals surface area (Å²) in [5, 5.41) is 19.9. The van der Waals surface area contributed by atoms with Crippen LogP contribution in [0.5, 0.6) is 0 Å². The number of nitrogens with zero attached hydrogens (tertiary/aromatic N) is 5. The van der Waals surface area contributed by atoms with Crippen LogP contribution < -0.4 is 5.43 Å². The van der Waals surface area contributed by atoms with Crippen molar-refractivity contribution < 1.29 is 9.90 Å². The molecule has 2 N–H and O–H groups in total. The van der Waals surface area contributed by atoms with Gasteiger partial charge in [-0.15, -0.1) is 0 Å². The molecule has 0 aliphatic carbocycles. The Morgan fingerprint density at radius 3 is 2.64 bits per heavy atom. The van der Waals surface area contributed by atoms with Gasteiger partial charge in [0.25, 0.3) is 5.91 Å². The molecule has 0 radical (unpaired) electrons. The Morgan fingerprint density at radius 1 is 1.33 bits per heavy atom. The molecular formula is C24H31ClN6O2. The number of hydrogen-bond donors (Lipinski definition) is 2. The minimum atomic E-state index is -0.201. The van der Waals surface area contributed by atoms with Gasteiger partial charge in [-0.2, -0.15) is 10.2 Å². The van der Waals surface area contributed by atoms with Gasteiger partial charge in [0.15, 0.2) is 5.82 Å². The number of nitriles is 1. The second-order valence-corrected chi connectivity index (χ2v) is 9.26. The van der Waals surface area contributed by atoms with E-state index in [9.17, 15) is 4.79 Å². The van der Waals surface area contributed by atoms with Gasteiger partial charge in [0, 0.05) is 25.3 Å². The van der Waals surface area contributed by atoms with Gasteiger partial charge in [0.2, 0.25) is 5.82 Å². The number of amides is 1. The molecule has 8 nitrogen and oxygen atoms in total. The van der Waals surface area contributed by atoms with Crippen LogP contribution in [0.4, 0.5) is 5.82 Å². The molecular weight excluding hydrogens is 440 g/mol. The molecule has 3 rings (SSSR count). The van der Waals surface area contributed by atoms with E-state index in [0.717, 1.165) is 44.5 Å². The van der Waals surface area contributed by atoms with E-state index in [1.165, 1.54) is 11.2 Å². The molecule has 1 aliphatic heterocycles. The number of halogens is 1. The van der Waals surface area contributed by atoms with Crippen molar-refractivity contribution in [2.75, 3.05) is 31.7 Å². The first kappa shape index (κ1) is 24.9. The summed E-state index contributed by atoms with van der Waals surface area (Å²) in [6.07, 6.45) is 4.47. The average Bonchev–Trinajstić information content (AvgIpc) is 2.81. The van der Waals surface area contributed by atoms with Crippen LogP contribution in [0.15, 0.2) is 30.5 Å². The number of nitrogens with one attached hydrogen (secondary N) is 1. The molecule has 1 saturated heterocycles. The van der Waals surface area contributed by atoms with Crippen LogP contribution in [-0.2, 0) is 6.54 Å². The number of benzene rings is 1. The predicted molar refractivity (Wildman–Crippen MR) is 127 cm³/mol. The highest BCUT2D eigenvalue weighted by atomic mass is 35.5. The molecule has 0 spiro atoms. The lowest BCUT2D eigenvalue weighted by molar-refractivity contribution is 0.0776. The van der Waals surface area contributed by atoms with Crippen LogP contribution in [0.2, 0.25) is 5.02 Å². The Labute approximate surface area is 200 Å². The molecule has 2 heterocycles. The Hall–Kier alpha value is -2.73. The van der Waals surface area contributed by atoms with Gasteiger partial charge < -0.3 is 5.11 Å². The zero-order valence-electron chi connectivity index (χ0n) is 19.2. The Bertz CT molecular complexity index is 968. The first-order valence-electron chi connectivity index (χ1n) is 11.3. The molecule has 1 aromatic carbocycles. The minimum Gasteiger partial charge on any atom is -0.396 e. The van der Waals surface area contributed by atoms with Crippen molar-refractivity contribution in [1.82, 2.24) is 19.9 Å². The second-order valence-electron chi connectivity index (χ2n) is 8.85. The zero-order chi connectivity index (χ0) is 23.8. The molecule has 0 unspecified atom stereocenters. The summed E-state index contributed by atoms with van der Waals surface area (Å²) in [4.78, 5) is 23.6. The van der Waals surface area contributed by atoms with Gasteiger partial charge in [-0.3, -0.25) is 20.1 Å². The van der Waals surface area contributed by atoms with Gasteiger partial charge in [0.1, 0.15) is 11.1 Å². The third kappa shape index (κ3) is 7.13. The van der Waals surface area contributed by atoms with E-state index in [-0.39, 0.29) is 35.1 Å². The number of likely N-dealkylation sites (tertiary alicyclic amines) is 1.